The van der Waals surface area contributed by atoms with E-state index in [2.05, 4.69) is 10.3 Å². The summed E-state index contributed by atoms with van der Waals surface area (Å²) in [5.74, 6) is -0.118. The van der Waals surface area contributed by atoms with Crippen LogP contribution < -0.4 is 10.2 Å². The summed E-state index contributed by atoms with van der Waals surface area (Å²) in [6.45, 7) is 3.29. The summed E-state index contributed by atoms with van der Waals surface area (Å²) in [6.07, 6.45) is -9.64. The molecule has 0 bridgehead atoms. The second-order valence-corrected chi connectivity index (χ2v) is 10.4. The summed E-state index contributed by atoms with van der Waals surface area (Å²) in [4.78, 5) is 40.1. The van der Waals surface area contributed by atoms with E-state index in [9.17, 15) is 35.9 Å². The Morgan fingerprint density at radius 3 is 2.09 bits per heavy atom. The molecule has 5 rings (SSSR count). The number of carbonyl (C=O) groups is 2. The van der Waals surface area contributed by atoms with Crippen LogP contribution in [0.1, 0.15) is 40.4 Å². The topological polar surface area (TPSA) is 81.7 Å². The van der Waals surface area contributed by atoms with Gasteiger partial charge in [0.2, 0.25) is 11.9 Å². The zero-order chi connectivity index (χ0) is 30.9. The lowest BCUT2D eigenvalue weighted by Crippen LogP contribution is -2.48. The molecule has 2 aliphatic rings. The Hall–Kier alpha value is -4.36. The fourth-order valence-corrected chi connectivity index (χ4v) is 5.17. The highest BCUT2D eigenvalue weighted by atomic mass is 19.4. The fraction of sp³-hybridized carbons (Fsp3) is 0.379. The summed E-state index contributed by atoms with van der Waals surface area (Å²) in [7, 11) is 0. The number of hydrogen-bond donors (Lipinski definition) is 1. The molecule has 8 nitrogen and oxygen atoms in total. The Bertz CT molecular complexity index is 1470. The normalized spacial score (nSPS) is 16.3. The third-order valence-corrected chi connectivity index (χ3v) is 7.37. The van der Waals surface area contributed by atoms with E-state index in [1.807, 2.05) is 4.90 Å². The van der Waals surface area contributed by atoms with E-state index in [4.69, 9.17) is 4.98 Å². The highest BCUT2D eigenvalue weighted by Gasteiger charge is 2.37. The summed E-state index contributed by atoms with van der Waals surface area (Å²) in [5, 5.41) is 3.17. The summed E-state index contributed by atoms with van der Waals surface area (Å²) >= 11 is 0. The number of nitrogens with one attached hydrogen (secondary N) is 1. The van der Waals surface area contributed by atoms with Crippen molar-refractivity contribution in [3.63, 3.8) is 0 Å². The highest BCUT2D eigenvalue weighted by Crippen LogP contribution is 2.37. The molecule has 0 aliphatic carbocycles. The van der Waals surface area contributed by atoms with E-state index in [-0.39, 0.29) is 41.2 Å². The summed E-state index contributed by atoms with van der Waals surface area (Å²) < 4.78 is 81.0. The molecule has 2 aromatic carbocycles. The molecule has 228 valence electrons. The van der Waals surface area contributed by atoms with Crippen LogP contribution in [0.15, 0.2) is 48.5 Å². The van der Waals surface area contributed by atoms with Crippen LogP contribution in [0, 0.1) is 0 Å². The maximum atomic E-state index is 14.1. The first kappa shape index (κ1) is 30.1. The van der Waals surface area contributed by atoms with Crippen LogP contribution in [0.3, 0.4) is 0 Å². The van der Waals surface area contributed by atoms with Gasteiger partial charge in [0.1, 0.15) is 11.4 Å². The summed E-state index contributed by atoms with van der Waals surface area (Å²) in [6, 6.07) is 10.1. The quantitative estimate of drug-likeness (QED) is 0.406. The van der Waals surface area contributed by atoms with Gasteiger partial charge in [-0.1, -0.05) is 30.3 Å². The largest absolute Gasteiger partial charge is 0.416 e. The van der Waals surface area contributed by atoms with Gasteiger partial charge in [0.25, 0.3) is 5.91 Å². The molecule has 1 N–H and O–H groups in total. The Labute approximate surface area is 243 Å². The minimum Gasteiger partial charge on any atom is -0.369 e. The van der Waals surface area contributed by atoms with Crippen molar-refractivity contribution < 1.29 is 35.9 Å². The number of alkyl halides is 6. The van der Waals surface area contributed by atoms with Gasteiger partial charge in [-0.25, -0.2) is 4.98 Å². The van der Waals surface area contributed by atoms with Crippen molar-refractivity contribution in [2.45, 2.75) is 32.2 Å². The number of rotatable bonds is 4. The van der Waals surface area contributed by atoms with Gasteiger partial charge in [0.15, 0.2) is 0 Å². The predicted octanol–water partition coefficient (Wildman–Crippen LogP) is 5.31. The van der Waals surface area contributed by atoms with Gasteiger partial charge in [-0.15, -0.1) is 0 Å². The Balaban J connectivity index is 1.55. The van der Waals surface area contributed by atoms with Crippen molar-refractivity contribution in [3.05, 3.63) is 70.8 Å². The van der Waals surface area contributed by atoms with Gasteiger partial charge in [-0.05, 0) is 30.2 Å². The number of fused-ring (bicyclic) bond motifs is 1. The molecule has 1 fully saturated rings. The van der Waals surface area contributed by atoms with Crippen molar-refractivity contribution in [1.82, 2.24) is 19.8 Å². The maximum Gasteiger partial charge on any atom is 0.416 e. The van der Waals surface area contributed by atoms with Crippen molar-refractivity contribution in [2.75, 3.05) is 49.5 Å². The van der Waals surface area contributed by atoms with Crippen LogP contribution in [-0.2, 0) is 23.7 Å². The SMILES string of the molecule is CC(=O)N1CCN(c2nc3c(c(-c4ccccc4)n2)C(=O)N(Cc2cc(C(F)(F)F)cc(C(F)(F)F)c2)CCCN3)CC1. The molecule has 0 spiro atoms. The highest BCUT2D eigenvalue weighted by molar-refractivity contribution is 6.04. The van der Waals surface area contributed by atoms with Gasteiger partial charge >= 0.3 is 12.4 Å². The molecule has 0 radical (unpaired) electrons. The van der Waals surface area contributed by atoms with Crippen molar-refractivity contribution in [1.29, 1.82) is 0 Å². The fourth-order valence-electron chi connectivity index (χ4n) is 5.17. The summed E-state index contributed by atoms with van der Waals surface area (Å²) in [5.41, 5.74) is -2.26. The molecule has 2 amide bonds. The van der Waals surface area contributed by atoms with Gasteiger partial charge in [0.05, 0.1) is 16.8 Å². The number of amides is 2. The lowest BCUT2D eigenvalue weighted by molar-refractivity contribution is -0.143. The van der Waals surface area contributed by atoms with Crippen LogP contribution in [0.5, 0.6) is 0 Å². The number of hydrogen-bond acceptors (Lipinski definition) is 6. The molecular weight excluding hydrogens is 578 g/mol. The molecule has 3 heterocycles. The Kier molecular flexibility index (Phi) is 8.21. The van der Waals surface area contributed by atoms with Crippen LogP contribution in [0.4, 0.5) is 38.1 Å². The number of benzene rings is 2. The average Bonchev–Trinajstić information content (AvgIpc) is 2.96. The lowest BCUT2D eigenvalue weighted by atomic mass is 10.0. The zero-order valence-electron chi connectivity index (χ0n) is 23.1. The number of aromatic nitrogens is 2. The first-order valence-electron chi connectivity index (χ1n) is 13.6. The zero-order valence-corrected chi connectivity index (χ0v) is 23.1. The minimum atomic E-state index is -5.01. The standard InChI is InChI=1S/C29H28F6N6O2/c1-18(42)39-10-12-40(13-11-39)27-37-24(20-6-3-2-4-7-20)23-25(38-27)36-8-5-9-41(26(23)43)17-19-14-21(28(30,31)32)16-22(15-19)29(33,34)35/h2-4,6-7,14-16H,5,8-13,17H2,1H3,(H,36,37,38). The van der Waals surface area contributed by atoms with E-state index < -0.39 is 35.9 Å². The molecule has 0 atom stereocenters. The molecule has 2 aliphatic heterocycles. The van der Waals surface area contributed by atoms with E-state index in [1.54, 1.807) is 35.2 Å². The molecule has 43 heavy (non-hydrogen) atoms. The van der Waals surface area contributed by atoms with Crippen molar-refractivity contribution >= 4 is 23.6 Å². The van der Waals surface area contributed by atoms with Gasteiger partial charge in [0, 0.05) is 58.3 Å². The molecular formula is C29H28F6N6O2. The smallest absolute Gasteiger partial charge is 0.369 e. The second-order valence-electron chi connectivity index (χ2n) is 10.4. The number of nitrogens with zero attached hydrogens (tertiary/aromatic N) is 5. The van der Waals surface area contributed by atoms with Crippen LogP contribution >= 0.6 is 0 Å². The van der Waals surface area contributed by atoms with E-state index in [1.165, 1.54) is 11.8 Å². The number of carbonyl (C=O) groups excluding carboxylic acids is 2. The van der Waals surface area contributed by atoms with Gasteiger partial charge in [-0.3, -0.25) is 9.59 Å². The molecule has 0 saturated carbocycles. The maximum absolute atomic E-state index is 14.1. The predicted molar refractivity (Wildman–Crippen MR) is 146 cm³/mol. The monoisotopic (exact) mass is 606 g/mol. The molecule has 0 unspecified atom stereocenters. The van der Waals surface area contributed by atoms with Gasteiger partial charge in [-0.2, -0.15) is 31.3 Å². The molecule has 1 saturated heterocycles. The van der Waals surface area contributed by atoms with E-state index in [0.29, 0.717) is 62.8 Å². The average molecular weight is 607 g/mol. The molecule has 3 aromatic rings. The molecule has 14 heteroatoms. The first-order chi connectivity index (χ1) is 20.3. The van der Waals surface area contributed by atoms with Crippen LogP contribution in [0.25, 0.3) is 11.3 Å². The molecule has 1 aromatic heterocycles. The first-order valence-corrected chi connectivity index (χ1v) is 13.6. The van der Waals surface area contributed by atoms with E-state index in [0.717, 1.165) is 0 Å². The van der Waals surface area contributed by atoms with Crippen molar-refractivity contribution in [2.24, 2.45) is 0 Å². The number of piperazine rings is 1. The Morgan fingerprint density at radius 2 is 1.51 bits per heavy atom. The van der Waals surface area contributed by atoms with Crippen LogP contribution in [-0.4, -0.2) is 70.9 Å². The Morgan fingerprint density at radius 1 is 0.884 bits per heavy atom. The minimum absolute atomic E-state index is 0.0424. The second kappa shape index (κ2) is 11.7. The van der Waals surface area contributed by atoms with Crippen LogP contribution in [0.2, 0.25) is 0 Å². The third-order valence-electron chi connectivity index (χ3n) is 7.37. The number of halogens is 6. The van der Waals surface area contributed by atoms with Gasteiger partial charge < -0.3 is 20.0 Å². The third kappa shape index (κ3) is 6.67. The van der Waals surface area contributed by atoms with Crippen molar-refractivity contribution in [3.8, 4) is 11.3 Å². The number of anilines is 2. The lowest BCUT2D eigenvalue weighted by Gasteiger charge is -2.35. The van der Waals surface area contributed by atoms with E-state index >= 15 is 0 Å².